The number of hydrogen-bond acceptors (Lipinski definition) is 6. The van der Waals surface area contributed by atoms with E-state index in [1.807, 2.05) is 39.4 Å². The van der Waals surface area contributed by atoms with Crippen molar-refractivity contribution in [3.05, 3.63) is 58.7 Å². The molecule has 0 radical (unpaired) electrons. The van der Waals surface area contributed by atoms with Gasteiger partial charge in [0.2, 0.25) is 11.9 Å². The number of anilines is 2. The third-order valence-electron chi connectivity index (χ3n) is 6.17. The van der Waals surface area contributed by atoms with Gasteiger partial charge in [0.05, 0.1) is 17.4 Å². The van der Waals surface area contributed by atoms with Crippen LogP contribution in [-0.4, -0.2) is 32.4 Å². The van der Waals surface area contributed by atoms with E-state index >= 15 is 0 Å². The maximum Gasteiger partial charge on any atom is 0.232 e. The number of fused-ring (bicyclic) bond motifs is 1. The van der Waals surface area contributed by atoms with Crippen molar-refractivity contribution in [1.82, 2.24) is 19.9 Å². The van der Waals surface area contributed by atoms with Gasteiger partial charge >= 0.3 is 0 Å². The lowest BCUT2D eigenvalue weighted by molar-refractivity contribution is -0.123. The number of pyridine rings is 2. The second-order valence-electron chi connectivity index (χ2n) is 9.95. The van der Waals surface area contributed by atoms with Gasteiger partial charge in [-0.05, 0) is 50.5 Å². The van der Waals surface area contributed by atoms with Gasteiger partial charge in [-0.1, -0.05) is 26.8 Å². The topological polar surface area (TPSA) is 83.9 Å². The molecule has 0 spiro atoms. The highest BCUT2D eigenvalue weighted by molar-refractivity contribution is 5.93. The molecule has 1 aliphatic heterocycles. The number of aryl methyl sites for hydroxylation is 3. The molecule has 0 fully saturated rings. The number of carbonyl (C=O) groups is 1. The van der Waals surface area contributed by atoms with Crippen molar-refractivity contribution in [2.75, 3.05) is 16.8 Å². The summed E-state index contributed by atoms with van der Waals surface area (Å²) in [6.45, 7) is 14.8. The average Bonchev–Trinajstić information content (AvgIpc) is 2.74. The van der Waals surface area contributed by atoms with Crippen LogP contribution in [0.5, 0.6) is 0 Å². The third kappa shape index (κ3) is 4.58. The summed E-state index contributed by atoms with van der Waals surface area (Å²) in [5.74, 6) is 1.19. The predicted molar refractivity (Wildman–Crippen MR) is 131 cm³/mol. The highest BCUT2D eigenvalue weighted by Gasteiger charge is 2.28. The highest BCUT2D eigenvalue weighted by atomic mass is 16.2. The van der Waals surface area contributed by atoms with Crippen LogP contribution in [0.2, 0.25) is 0 Å². The molecule has 0 bridgehead atoms. The van der Waals surface area contributed by atoms with Crippen LogP contribution in [0.1, 0.15) is 61.7 Å². The van der Waals surface area contributed by atoms with Crippen molar-refractivity contribution in [3.8, 4) is 11.3 Å². The zero-order valence-corrected chi connectivity index (χ0v) is 20.5. The molecule has 1 amide bonds. The first-order valence-electron chi connectivity index (χ1n) is 11.4. The summed E-state index contributed by atoms with van der Waals surface area (Å²) < 4.78 is 0. The second kappa shape index (κ2) is 8.54. The van der Waals surface area contributed by atoms with Gasteiger partial charge in [-0.3, -0.25) is 15.1 Å². The zero-order valence-electron chi connectivity index (χ0n) is 20.5. The summed E-state index contributed by atoms with van der Waals surface area (Å²) in [4.78, 5) is 33.1. The van der Waals surface area contributed by atoms with Gasteiger partial charge in [0.15, 0.2) is 0 Å². The first-order valence-corrected chi connectivity index (χ1v) is 11.4. The minimum atomic E-state index is -0.497. The number of nitrogens with zero attached hydrogens (tertiary/aromatic N) is 5. The quantitative estimate of drug-likeness (QED) is 0.614. The molecule has 4 heterocycles. The van der Waals surface area contributed by atoms with E-state index in [1.165, 1.54) is 0 Å². The van der Waals surface area contributed by atoms with E-state index in [4.69, 9.17) is 9.97 Å². The van der Waals surface area contributed by atoms with Crippen molar-refractivity contribution in [2.24, 2.45) is 5.41 Å². The van der Waals surface area contributed by atoms with E-state index in [9.17, 15) is 4.79 Å². The van der Waals surface area contributed by atoms with Gasteiger partial charge in [-0.15, -0.1) is 0 Å². The standard InChI is InChI=1S/C26H32N6O/c1-15-10-16(2)23(28-12-15)19-11-22(27-13-17(19)3)32-9-8-21-20(18(32)4)14-29-25(30-21)31-24(33)26(5,6)7/h10-14,18H,8-9H2,1-7H3,(H,29,30,31,33)/t18-/m1/s1. The Balaban J connectivity index is 1.62. The molecule has 4 rings (SSSR count). The van der Waals surface area contributed by atoms with Gasteiger partial charge < -0.3 is 4.90 Å². The van der Waals surface area contributed by atoms with Crippen LogP contribution in [0.15, 0.2) is 30.7 Å². The van der Waals surface area contributed by atoms with Crippen molar-refractivity contribution < 1.29 is 4.79 Å². The Labute approximate surface area is 195 Å². The van der Waals surface area contributed by atoms with E-state index < -0.39 is 5.41 Å². The van der Waals surface area contributed by atoms with Crippen molar-refractivity contribution >= 4 is 17.7 Å². The Kier molecular flexibility index (Phi) is 5.91. The summed E-state index contributed by atoms with van der Waals surface area (Å²) in [6.07, 6.45) is 6.43. The molecule has 0 aliphatic carbocycles. The molecule has 1 N–H and O–H groups in total. The van der Waals surface area contributed by atoms with Gasteiger partial charge in [0.1, 0.15) is 5.82 Å². The zero-order chi connectivity index (χ0) is 23.9. The Hall–Kier alpha value is -3.35. The molecule has 0 unspecified atom stereocenters. The molecule has 7 nitrogen and oxygen atoms in total. The van der Waals surface area contributed by atoms with Crippen molar-refractivity contribution in [1.29, 1.82) is 0 Å². The van der Waals surface area contributed by atoms with Crippen LogP contribution in [0.3, 0.4) is 0 Å². The normalized spacial score (nSPS) is 15.8. The predicted octanol–water partition coefficient (Wildman–Crippen LogP) is 4.97. The SMILES string of the molecule is Cc1cnc(-c2cc(N3CCc4nc(NC(=O)C(C)(C)C)ncc4[C@H]3C)ncc2C)c(C)c1. The van der Waals surface area contributed by atoms with Crippen LogP contribution in [0.25, 0.3) is 11.3 Å². The minimum Gasteiger partial charge on any atom is -0.349 e. The fraction of sp³-hybridized carbons (Fsp3) is 0.423. The van der Waals surface area contributed by atoms with Crippen LogP contribution in [-0.2, 0) is 11.2 Å². The average molecular weight is 445 g/mol. The molecule has 1 aliphatic rings. The minimum absolute atomic E-state index is 0.0660. The van der Waals surface area contributed by atoms with E-state index in [-0.39, 0.29) is 11.9 Å². The Bertz CT molecular complexity index is 1210. The van der Waals surface area contributed by atoms with E-state index in [1.54, 1.807) is 0 Å². The Morgan fingerprint density at radius 1 is 1.03 bits per heavy atom. The Morgan fingerprint density at radius 2 is 1.79 bits per heavy atom. The lowest BCUT2D eigenvalue weighted by Gasteiger charge is -2.35. The number of rotatable bonds is 3. The first-order chi connectivity index (χ1) is 15.5. The van der Waals surface area contributed by atoms with Crippen molar-refractivity contribution in [2.45, 2.75) is 60.9 Å². The molecule has 33 heavy (non-hydrogen) atoms. The lowest BCUT2D eigenvalue weighted by Crippen LogP contribution is -2.36. The third-order valence-corrected chi connectivity index (χ3v) is 6.17. The maximum absolute atomic E-state index is 12.3. The summed E-state index contributed by atoms with van der Waals surface area (Å²) in [5, 5.41) is 2.84. The summed E-state index contributed by atoms with van der Waals surface area (Å²) >= 11 is 0. The van der Waals surface area contributed by atoms with Crippen LogP contribution in [0.4, 0.5) is 11.8 Å². The van der Waals surface area contributed by atoms with E-state index in [2.05, 4.69) is 60.0 Å². The van der Waals surface area contributed by atoms with Crippen LogP contribution < -0.4 is 10.2 Å². The summed E-state index contributed by atoms with van der Waals surface area (Å²) in [5.41, 5.74) is 7.05. The number of amides is 1. The van der Waals surface area contributed by atoms with Gasteiger partial charge in [0, 0.05) is 48.1 Å². The smallest absolute Gasteiger partial charge is 0.232 e. The molecular weight excluding hydrogens is 412 g/mol. The van der Waals surface area contributed by atoms with Gasteiger partial charge in [0.25, 0.3) is 0 Å². The molecular formula is C26H32N6O. The summed E-state index contributed by atoms with van der Waals surface area (Å²) in [7, 11) is 0. The van der Waals surface area contributed by atoms with Crippen LogP contribution >= 0.6 is 0 Å². The Morgan fingerprint density at radius 3 is 2.48 bits per heavy atom. The monoisotopic (exact) mass is 444 g/mol. The van der Waals surface area contributed by atoms with Gasteiger partial charge in [-0.2, -0.15) is 0 Å². The second-order valence-corrected chi connectivity index (χ2v) is 9.95. The molecule has 0 aromatic carbocycles. The maximum atomic E-state index is 12.3. The molecule has 172 valence electrons. The lowest BCUT2D eigenvalue weighted by atomic mass is 9.96. The number of nitrogens with one attached hydrogen (secondary N) is 1. The first kappa shape index (κ1) is 22.8. The summed E-state index contributed by atoms with van der Waals surface area (Å²) in [6, 6.07) is 4.37. The van der Waals surface area contributed by atoms with E-state index in [0.717, 1.165) is 58.0 Å². The number of hydrogen-bond donors (Lipinski definition) is 1. The van der Waals surface area contributed by atoms with Gasteiger partial charge in [-0.25, -0.2) is 15.0 Å². The van der Waals surface area contributed by atoms with E-state index in [0.29, 0.717) is 5.95 Å². The fourth-order valence-corrected chi connectivity index (χ4v) is 4.15. The molecule has 3 aromatic rings. The largest absolute Gasteiger partial charge is 0.349 e. The number of aromatic nitrogens is 4. The highest BCUT2D eigenvalue weighted by Crippen LogP contribution is 2.35. The molecule has 3 aromatic heterocycles. The molecule has 0 saturated carbocycles. The van der Waals surface area contributed by atoms with Crippen molar-refractivity contribution in [3.63, 3.8) is 0 Å². The van der Waals surface area contributed by atoms with Crippen LogP contribution in [0, 0.1) is 26.2 Å². The molecule has 0 saturated heterocycles. The molecule has 1 atom stereocenters. The molecule has 7 heteroatoms. The fourth-order valence-electron chi connectivity index (χ4n) is 4.15. The number of carbonyl (C=O) groups excluding carboxylic acids is 1.